The van der Waals surface area contributed by atoms with Crippen molar-refractivity contribution in [1.29, 1.82) is 0 Å². The summed E-state index contributed by atoms with van der Waals surface area (Å²) >= 11 is 0. The minimum atomic E-state index is -1.03. The number of hydrogen-bond donors (Lipinski definition) is 3. The maximum absolute atomic E-state index is 10.7. The average molecular weight is 172 g/mol. The third-order valence-electron chi connectivity index (χ3n) is 1.44. The highest BCUT2D eigenvalue weighted by molar-refractivity contribution is 5.94. The molecule has 1 aliphatic rings. The normalized spacial score (nSPS) is 23.6. The lowest BCUT2D eigenvalue weighted by atomic mass is 10.5. The summed E-state index contributed by atoms with van der Waals surface area (Å²) in [5.74, 6) is 0.452. The van der Waals surface area contributed by atoms with E-state index in [0.29, 0.717) is 12.4 Å². The zero-order valence-corrected chi connectivity index (χ0v) is 7.03. The number of nitrogens with zero attached hydrogens (tertiary/aromatic N) is 2. The maximum atomic E-state index is 10.7. The van der Waals surface area contributed by atoms with Gasteiger partial charge in [0.2, 0.25) is 6.35 Å². The number of aliphatic hydroxyl groups excluding tert-OH is 1. The number of aliphatic imine (C=N–C) groups is 1. The summed E-state index contributed by atoms with van der Waals surface area (Å²) in [6, 6.07) is -0.519. The number of amidine groups is 1. The number of rotatable bonds is 2. The van der Waals surface area contributed by atoms with E-state index in [1.807, 2.05) is 6.92 Å². The Balaban J connectivity index is 2.71. The fourth-order valence-corrected chi connectivity index (χ4v) is 0.956. The van der Waals surface area contributed by atoms with Gasteiger partial charge in [-0.1, -0.05) is 6.92 Å². The lowest BCUT2D eigenvalue weighted by Gasteiger charge is -2.31. The largest absolute Gasteiger partial charge is 0.355 e. The Bertz CT molecular complexity index is 216. The van der Waals surface area contributed by atoms with Crippen molar-refractivity contribution in [2.24, 2.45) is 4.99 Å². The molecule has 0 saturated carbocycles. The van der Waals surface area contributed by atoms with Crippen molar-refractivity contribution in [3.8, 4) is 0 Å². The zero-order chi connectivity index (χ0) is 9.14. The van der Waals surface area contributed by atoms with Crippen LogP contribution in [-0.2, 0) is 0 Å². The van der Waals surface area contributed by atoms with Gasteiger partial charge in [0.1, 0.15) is 5.84 Å². The molecule has 1 unspecified atom stereocenters. The van der Waals surface area contributed by atoms with Crippen molar-refractivity contribution in [3.63, 3.8) is 0 Å². The number of carbonyl (C=O) groups excluding carboxylic acids is 1. The second kappa shape index (κ2) is 3.51. The Morgan fingerprint density at radius 3 is 3.00 bits per heavy atom. The smallest absolute Gasteiger partial charge is 0.346 e. The van der Waals surface area contributed by atoms with Gasteiger partial charge in [-0.25, -0.2) is 15.2 Å². The van der Waals surface area contributed by atoms with Crippen LogP contribution in [0.5, 0.6) is 0 Å². The first-order valence-corrected chi connectivity index (χ1v) is 3.71. The van der Waals surface area contributed by atoms with E-state index in [1.165, 1.54) is 5.01 Å². The highest BCUT2D eigenvalue weighted by Gasteiger charge is 2.23. The molecule has 1 atom stereocenters. The summed E-state index contributed by atoms with van der Waals surface area (Å²) in [6.45, 7) is 4.18. The van der Waals surface area contributed by atoms with Crippen molar-refractivity contribution in [2.75, 3.05) is 6.54 Å². The van der Waals surface area contributed by atoms with Crippen LogP contribution in [0.3, 0.4) is 0 Å². The van der Waals surface area contributed by atoms with Gasteiger partial charge in [-0.3, -0.25) is 5.32 Å². The Kier molecular flexibility index (Phi) is 2.61. The summed E-state index contributed by atoms with van der Waals surface area (Å²) in [7, 11) is 0. The highest BCUT2D eigenvalue weighted by atomic mass is 16.3. The van der Waals surface area contributed by atoms with Crippen LogP contribution in [0.2, 0.25) is 0 Å². The highest BCUT2D eigenvalue weighted by Crippen LogP contribution is 1.98. The molecule has 2 amide bonds. The Morgan fingerprint density at radius 2 is 2.50 bits per heavy atom. The molecule has 0 aliphatic carbocycles. The Morgan fingerprint density at radius 1 is 1.83 bits per heavy atom. The fourth-order valence-electron chi connectivity index (χ4n) is 0.956. The zero-order valence-electron chi connectivity index (χ0n) is 7.03. The van der Waals surface area contributed by atoms with Gasteiger partial charge in [0, 0.05) is 6.54 Å². The summed E-state index contributed by atoms with van der Waals surface area (Å²) in [5.41, 5.74) is 2.84. The summed E-state index contributed by atoms with van der Waals surface area (Å²) in [4.78, 5) is 14.3. The van der Waals surface area contributed by atoms with Gasteiger partial charge >= 0.3 is 6.03 Å². The molecule has 1 rings (SSSR count). The van der Waals surface area contributed by atoms with Crippen molar-refractivity contribution in [2.45, 2.75) is 20.2 Å². The van der Waals surface area contributed by atoms with Gasteiger partial charge in [-0.15, -0.1) is 0 Å². The first-order valence-electron chi connectivity index (χ1n) is 3.71. The molecular weight excluding hydrogens is 160 g/mol. The number of urea groups is 1. The lowest BCUT2D eigenvalue weighted by Crippen LogP contribution is -2.59. The molecule has 12 heavy (non-hydrogen) atoms. The van der Waals surface area contributed by atoms with E-state index in [9.17, 15) is 9.90 Å². The predicted octanol–water partition coefficient (Wildman–Crippen LogP) is -0.770. The SMILES string of the molecule is CCNN1C(C)=NC(=O)NC1O. The van der Waals surface area contributed by atoms with E-state index >= 15 is 0 Å². The molecule has 0 saturated heterocycles. The molecule has 3 N–H and O–H groups in total. The Hall–Kier alpha value is -1.14. The average Bonchev–Trinajstić information content (AvgIpc) is 1.96. The van der Waals surface area contributed by atoms with Gasteiger partial charge in [0.05, 0.1) is 0 Å². The molecule has 6 nitrogen and oxygen atoms in total. The minimum absolute atomic E-state index is 0.452. The third kappa shape index (κ3) is 1.72. The second-order valence-corrected chi connectivity index (χ2v) is 2.36. The number of carbonyl (C=O) groups is 1. The van der Waals surface area contributed by atoms with E-state index in [0.717, 1.165) is 0 Å². The van der Waals surface area contributed by atoms with Gasteiger partial charge in [0.25, 0.3) is 0 Å². The summed E-state index contributed by atoms with van der Waals surface area (Å²) < 4.78 is 0. The van der Waals surface area contributed by atoms with Crippen LogP contribution in [0.25, 0.3) is 0 Å². The molecule has 0 bridgehead atoms. The van der Waals surface area contributed by atoms with Crippen LogP contribution in [0.15, 0.2) is 4.99 Å². The van der Waals surface area contributed by atoms with Gasteiger partial charge in [0.15, 0.2) is 0 Å². The van der Waals surface area contributed by atoms with E-state index in [-0.39, 0.29) is 0 Å². The van der Waals surface area contributed by atoms with Gasteiger partial charge in [-0.2, -0.15) is 4.99 Å². The molecular formula is C6H12N4O2. The van der Waals surface area contributed by atoms with E-state index in [1.54, 1.807) is 6.92 Å². The van der Waals surface area contributed by atoms with Gasteiger partial charge in [-0.05, 0) is 6.92 Å². The summed E-state index contributed by atoms with van der Waals surface area (Å²) in [5, 5.41) is 12.9. The molecule has 1 aliphatic heterocycles. The molecule has 0 aromatic carbocycles. The first-order chi connectivity index (χ1) is 5.65. The van der Waals surface area contributed by atoms with E-state index in [2.05, 4.69) is 15.7 Å². The number of hydrazine groups is 1. The molecule has 0 aromatic rings. The predicted molar refractivity (Wildman–Crippen MR) is 43.2 cm³/mol. The van der Waals surface area contributed by atoms with E-state index in [4.69, 9.17) is 0 Å². The third-order valence-corrected chi connectivity index (χ3v) is 1.44. The van der Waals surface area contributed by atoms with Crippen LogP contribution < -0.4 is 10.7 Å². The molecule has 6 heteroatoms. The molecule has 0 radical (unpaired) electrons. The first kappa shape index (κ1) is 8.95. The van der Waals surface area contributed by atoms with Crippen LogP contribution in [0, 0.1) is 0 Å². The fraction of sp³-hybridized carbons (Fsp3) is 0.667. The molecule has 0 spiro atoms. The van der Waals surface area contributed by atoms with Crippen LogP contribution >= 0.6 is 0 Å². The molecule has 68 valence electrons. The van der Waals surface area contributed by atoms with Crippen molar-refractivity contribution < 1.29 is 9.90 Å². The van der Waals surface area contributed by atoms with Crippen molar-refractivity contribution in [1.82, 2.24) is 15.8 Å². The van der Waals surface area contributed by atoms with Crippen molar-refractivity contribution in [3.05, 3.63) is 0 Å². The number of nitrogens with one attached hydrogen (secondary N) is 2. The monoisotopic (exact) mass is 172 g/mol. The van der Waals surface area contributed by atoms with Crippen molar-refractivity contribution >= 4 is 11.9 Å². The van der Waals surface area contributed by atoms with Gasteiger partial charge < -0.3 is 5.11 Å². The molecule has 0 fully saturated rings. The topological polar surface area (TPSA) is 77.0 Å². The van der Waals surface area contributed by atoms with Crippen LogP contribution in [0.4, 0.5) is 4.79 Å². The number of amides is 2. The van der Waals surface area contributed by atoms with E-state index < -0.39 is 12.4 Å². The number of aliphatic hydroxyl groups is 1. The quantitative estimate of drug-likeness (QED) is 0.511. The molecule has 1 heterocycles. The Labute approximate surface area is 70.2 Å². The lowest BCUT2D eigenvalue weighted by molar-refractivity contribution is 0.000856. The summed E-state index contributed by atoms with van der Waals surface area (Å²) in [6.07, 6.45) is -1.03. The molecule has 0 aromatic heterocycles. The van der Waals surface area contributed by atoms with Crippen LogP contribution in [0.1, 0.15) is 13.8 Å². The standard InChI is InChI=1S/C6H12N4O2/c1-3-7-10-4(2)8-5(11)9-6(10)12/h6-7,12H,3H2,1-2H3,(H,9,11). The minimum Gasteiger partial charge on any atom is -0.355 e. The maximum Gasteiger partial charge on any atom is 0.346 e. The second-order valence-electron chi connectivity index (χ2n) is 2.36. The number of hydrogen-bond acceptors (Lipinski definition) is 4. The van der Waals surface area contributed by atoms with Crippen LogP contribution in [-0.4, -0.2) is 34.9 Å².